The van der Waals surface area contributed by atoms with E-state index in [0.29, 0.717) is 11.8 Å². The van der Waals surface area contributed by atoms with Crippen LogP contribution in [-0.4, -0.2) is 20.4 Å². The predicted molar refractivity (Wildman–Crippen MR) is 109 cm³/mol. The Labute approximate surface area is 179 Å². The van der Waals surface area contributed by atoms with Gasteiger partial charge < -0.3 is 5.32 Å². The molecule has 0 unspecified atom stereocenters. The van der Waals surface area contributed by atoms with Crippen molar-refractivity contribution in [1.82, 2.24) is 19.9 Å². The SMILES string of the molecule is CCn1c(=O)[nH]c(=O)c2c(C(=O)NCc3ccc(F)cc3C(F)(F)F)cc(C(C)C)nc21. The topological polar surface area (TPSA) is 96.9 Å². The lowest BCUT2D eigenvalue weighted by Crippen LogP contribution is -2.33. The summed E-state index contributed by atoms with van der Waals surface area (Å²) in [4.78, 5) is 44.1. The van der Waals surface area contributed by atoms with Crippen LogP contribution in [0, 0.1) is 5.82 Å². The monoisotopic (exact) mass is 452 g/mol. The zero-order chi connectivity index (χ0) is 23.8. The van der Waals surface area contributed by atoms with Crippen molar-refractivity contribution in [2.45, 2.75) is 46.0 Å². The molecule has 2 N–H and O–H groups in total. The number of alkyl halides is 3. The standard InChI is InChI=1S/C21H20F4N4O3/c1-4-29-17-16(19(31)28-20(29)32)13(8-15(27-17)10(2)3)18(30)26-9-11-5-6-12(22)7-14(11)21(23,24)25/h5-8,10H,4,9H2,1-3H3,(H,26,30)(H,28,31,32). The van der Waals surface area contributed by atoms with Crippen LogP contribution >= 0.6 is 0 Å². The van der Waals surface area contributed by atoms with Crippen molar-refractivity contribution < 1.29 is 22.4 Å². The molecule has 0 aliphatic rings. The van der Waals surface area contributed by atoms with Gasteiger partial charge in [-0.2, -0.15) is 13.2 Å². The van der Waals surface area contributed by atoms with Crippen LogP contribution in [0.2, 0.25) is 0 Å². The number of carbonyl (C=O) groups excluding carboxylic acids is 1. The lowest BCUT2D eigenvalue weighted by Gasteiger charge is -2.16. The first-order valence-electron chi connectivity index (χ1n) is 9.75. The van der Waals surface area contributed by atoms with Gasteiger partial charge in [0.15, 0.2) is 5.65 Å². The summed E-state index contributed by atoms with van der Waals surface area (Å²) in [6, 6.07) is 3.52. The van der Waals surface area contributed by atoms with Gasteiger partial charge in [0, 0.05) is 18.8 Å². The van der Waals surface area contributed by atoms with Crippen molar-refractivity contribution >= 4 is 16.9 Å². The van der Waals surface area contributed by atoms with E-state index in [1.54, 1.807) is 20.8 Å². The maximum atomic E-state index is 13.3. The molecule has 0 radical (unpaired) electrons. The van der Waals surface area contributed by atoms with E-state index in [9.17, 15) is 31.9 Å². The van der Waals surface area contributed by atoms with E-state index in [2.05, 4.69) is 15.3 Å². The number of aryl methyl sites for hydroxylation is 1. The number of amides is 1. The van der Waals surface area contributed by atoms with Crippen molar-refractivity contribution in [2.24, 2.45) is 0 Å². The molecule has 1 aromatic carbocycles. The highest BCUT2D eigenvalue weighted by molar-refractivity contribution is 6.05. The van der Waals surface area contributed by atoms with Crippen molar-refractivity contribution in [1.29, 1.82) is 0 Å². The van der Waals surface area contributed by atoms with Crippen molar-refractivity contribution in [2.75, 3.05) is 0 Å². The van der Waals surface area contributed by atoms with Gasteiger partial charge in [-0.15, -0.1) is 0 Å². The second-order valence-electron chi connectivity index (χ2n) is 7.43. The van der Waals surface area contributed by atoms with Crippen LogP contribution in [0.5, 0.6) is 0 Å². The number of hydrogen-bond acceptors (Lipinski definition) is 4. The van der Waals surface area contributed by atoms with Gasteiger partial charge >= 0.3 is 11.9 Å². The van der Waals surface area contributed by atoms with Gasteiger partial charge in [0.2, 0.25) is 0 Å². The summed E-state index contributed by atoms with van der Waals surface area (Å²) < 4.78 is 54.2. The molecule has 32 heavy (non-hydrogen) atoms. The van der Waals surface area contributed by atoms with E-state index in [1.165, 1.54) is 10.6 Å². The van der Waals surface area contributed by atoms with Gasteiger partial charge in [-0.25, -0.2) is 14.2 Å². The molecular formula is C21H20F4N4O3. The Morgan fingerprint density at radius 2 is 1.91 bits per heavy atom. The number of aromatic amines is 1. The Hall–Kier alpha value is -3.50. The van der Waals surface area contributed by atoms with E-state index >= 15 is 0 Å². The van der Waals surface area contributed by atoms with Crippen LogP contribution in [0.1, 0.15) is 53.9 Å². The number of hydrogen-bond donors (Lipinski definition) is 2. The third kappa shape index (κ3) is 4.41. The van der Waals surface area contributed by atoms with Crippen LogP contribution in [0.15, 0.2) is 33.9 Å². The minimum atomic E-state index is -4.81. The highest BCUT2D eigenvalue weighted by Gasteiger charge is 2.34. The molecule has 3 rings (SSSR count). The van der Waals surface area contributed by atoms with Crippen LogP contribution in [-0.2, 0) is 19.3 Å². The Kier molecular flexibility index (Phi) is 6.20. The zero-order valence-corrected chi connectivity index (χ0v) is 17.4. The summed E-state index contributed by atoms with van der Waals surface area (Å²) in [6.45, 7) is 4.87. The lowest BCUT2D eigenvalue weighted by molar-refractivity contribution is -0.138. The molecular weight excluding hydrogens is 432 g/mol. The highest BCUT2D eigenvalue weighted by atomic mass is 19.4. The molecule has 2 heterocycles. The first-order valence-corrected chi connectivity index (χ1v) is 9.75. The molecule has 0 spiro atoms. The summed E-state index contributed by atoms with van der Waals surface area (Å²) in [6.07, 6.45) is -4.81. The minimum Gasteiger partial charge on any atom is -0.348 e. The zero-order valence-electron chi connectivity index (χ0n) is 17.4. The first kappa shape index (κ1) is 23.2. The molecule has 0 aliphatic heterocycles. The molecule has 0 aliphatic carbocycles. The smallest absolute Gasteiger partial charge is 0.348 e. The number of benzene rings is 1. The second-order valence-corrected chi connectivity index (χ2v) is 7.43. The fourth-order valence-electron chi connectivity index (χ4n) is 3.30. The van der Waals surface area contributed by atoms with Gasteiger partial charge in [-0.3, -0.25) is 19.1 Å². The quantitative estimate of drug-likeness (QED) is 0.581. The molecule has 1 amide bonds. The van der Waals surface area contributed by atoms with Crippen LogP contribution < -0.4 is 16.6 Å². The number of halogens is 4. The van der Waals surface area contributed by atoms with E-state index in [0.717, 1.165) is 12.1 Å². The molecule has 0 saturated carbocycles. The fourth-order valence-corrected chi connectivity index (χ4v) is 3.30. The van der Waals surface area contributed by atoms with E-state index < -0.39 is 41.3 Å². The number of nitrogens with one attached hydrogen (secondary N) is 2. The molecule has 0 atom stereocenters. The van der Waals surface area contributed by atoms with Crippen LogP contribution in [0.25, 0.3) is 11.0 Å². The van der Waals surface area contributed by atoms with Gasteiger partial charge in [0.25, 0.3) is 11.5 Å². The highest BCUT2D eigenvalue weighted by Crippen LogP contribution is 2.32. The number of carbonyl (C=O) groups is 1. The molecule has 170 valence electrons. The molecule has 3 aromatic rings. The maximum absolute atomic E-state index is 13.3. The number of aromatic nitrogens is 3. The summed E-state index contributed by atoms with van der Waals surface area (Å²) >= 11 is 0. The predicted octanol–water partition coefficient (Wildman–Crippen LogP) is 3.32. The van der Waals surface area contributed by atoms with Crippen LogP contribution in [0.3, 0.4) is 0 Å². The molecule has 2 aromatic heterocycles. The lowest BCUT2D eigenvalue weighted by atomic mass is 10.0. The molecule has 7 nitrogen and oxygen atoms in total. The number of H-pyrrole nitrogens is 1. The summed E-state index contributed by atoms with van der Waals surface area (Å²) in [5.74, 6) is -2.05. The Balaban J connectivity index is 2.10. The maximum Gasteiger partial charge on any atom is 0.416 e. The average Bonchev–Trinajstić information content (AvgIpc) is 2.71. The third-order valence-electron chi connectivity index (χ3n) is 4.94. The van der Waals surface area contributed by atoms with Crippen LogP contribution in [0.4, 0.5) is 17.6 Å². The number of rotatable bonds is 5. The number of fused-ring (bicyclic) bond motifs is 1. The largest absolute Gasteiger partial charge is 0.416 e. The van der Waals surface area contributed by atoms with Gasteiger partial charge in [-0.05, 0) is 36.6 Å². The Morgan fingerprint density at radius 3 is 2.50 bits per heavy atom. The molecule has 0 bridgehead atoms. The normalized spacial score (nSPS) is 11.9. The summed E-state index contributed by atoms with van der Waals surface area (Å²) in [5, 5.41) is 2.21. The fraction of sp³-hybridized carbons (Fsp3) is 0.333. The van der Waals surface area contributed by atoms with Gasteiger partial charge in [-0.1, -0.05) is 19.9 Å². The molecule has 0 saturated heterocycles. The number of pyridine rings is 1. The minimum absolute atomic E-state index is 0.00960. The Bertz CT molecular complexity index is 1310. The number of nitrogens with zero attached hydrogens (tertiary/aromatic N) is 2. The Morgan fingerprint density at radius 1 is 1.22 bits per heavy atom. The third-order valence-corrected chi connectivity index (χ3v) is 4.94. The second kappa shape index (κ2) is 8.56. The van der Waals surface area contributed by atoms with Gasteiger partial charge in [0.05, 0.1) is 16.5 Å². The summed E-state index contributed by atoms with van der Waals surface area (Å²) in [5.41, 5.74) is -2.76. The van der Waals surface area contributed by atoms with Crippen molar-refractivity contribution in [3.63, 3.8) is 0 Å². The first-order chi connectivity index (χ1) is 14.9. The molecule has 11 heteroatoms. The average molecular weight is 452 g/mol. The van der Waals surface area contributed by atoms with E-state index in [4.69, 9.17) is 0 Å². The van der Waals surface area contributed by atoms with E-state index in [1.807, 2.05) is 0 Å². The van der Waals surface area contributed by atoms with Crippen molar-refractivity contribution in [3.8, 4) is 0 Å². The van der Waals surface area contributed by atoms with Crippen molar-refractivity contribution in [3.05, 3.63) is 73.3 Å². The van der Waals surface area contributed by atoms with Gasteiger partial charge in [0.1, 0.15) is 5.82 Å². The van der Waals surface area contributed by atoms with E-state index in [-0.39, 0.29) is 34.6 Å². The summed E-state index contributed by atoms with van der Waals surface area (Å²) in [7, 11) is 0. The molecule has 0 fully saturated rings.